The van der Waals surface area contributed by atoms with Gasteiger partial charge >= 0.3 is 0 Å². The van der Waals surface area contributed by atoms with Gasteiger partial charge in [-0.05, 0) is 12.1 Å². The smallest absolute Gasteiger partial charge is 0.147 e. The minimum atomic E-state index is -1.11. The van der Waals surface area contributed by atoms with Gasteiger partial charge < -0.3 is 5.11 Å². The zero-order valence-electron chi connectivity index (χ0n) is 8.14. The SMILES string of the molecule is OC(c1ccncc1F)c1ccncc1Cl. The summed E-state index contributed by atoms with van der Waals surface area (Å²) in [5.41, 5.74) is 0.560. The topological polar surface area (TPSA) is 46.0 Å². The Hall–Kier alpha value is -1.52. The van der Waals surface area contributed by atoms with Crippen molar-refractivity contribution >= 4 is 11.6 Å². The minimum Gasteiger partial charge on any atom is -0.383 e. The number of rotatable bonds is 2. The van der Waals surface area contributed by atoms with E-state index in [1.807, 2.05) is 0 Å². The number of aliphatic hydroxyl groups is 1. The Labute approximate surface area is 96.6 Å². The minimum absolute atomic E-state index is 0.142. The van der Waals surface area contributed by atoms with Gasteiger partial charge in [0.2, 0.25) is 0 Å². The van der Waals surface area contributed by atoms with Crippen LogP contribution in [0.5, 0.6) is 0 Å². The first kappa shape index (κ1) is 11.0. The molecule has 5 heteroatoms. The molecule has 1 N–H and O–H groups in total. The summed E-state index contributed by atoms with van der Waals surface area (Å²) in [6.45, 7) is 0. The van der Waals surface area contributed by atoms with Gasteiger partial charge in [-0.2, -0.15) is 0 Å². The predicted octanol–water partition coefficient (Wildman–Crippen LogP) is 2.35. The normalized spacial score (nSPS) is 12.4. The molecular weight excluding hydrogens is 231 g/mol. The van der Waals surface area contributed by atoms with Crippen LogP contribution in [-0.2, 0) is 0 Å². The molecule has 0 fully saturated rings. The van der Waals surface area contributed by atoms with Crippen molar-refractivity contribution in [3.63, 3.8) is 0 Å². The lowest BCUT2D eigenvalue weighted by Gasteiger charge is -2.12. The highest BCUT2D eigenvalue weighted by molar-refractivity contribution is 6.31. The van der Waals surface area contributed by atoms with Crippen molar-refractivity contribution in [2.24, 2.45) is 0 Å². The molecular formula is C11H8ClFN2O. The third-order valence-corrected chi connectivity index (χ3v) is 2.51. The zero-order valence-corrected chi connectivity index (χ0v) is 8.89. The molecule has 0 aliphatic carbocycles. The molecule has 1 atom stereocenters. The highest BCUT2D eigenvalue weighted by Crippen LogP contribution is 2.28. The van der Waals surface area contributed by atoms with Crippen LogP contribution >= 0.6 is 11.6 Å². The van der Waals surface area contributed by atoms with Crippen LogP contribution in [-0.4, -0.2) is 15.1 Å². The number of pyridine rings is 2. The van der Waals surface area contributed by atoms with Gasteiger partial charge in [0, 0.05) is 29.7 Å². The third kappa shape index (κ3) is 2.03. The summed E-state index contributed by atoms with van der Waals surface area (Å²) in [7, 11) is 0. The Bertz CT molecular complexity index is 461. The molecule has 82 valence electrons. The first-order valence-corrected chi connectivity index (χ1v) is 4.95. The van der Waals surface area contributed by atoms with Crippen LogP contribution in [0.4, 0.5) is 4.39 Å². The van der Waals surface area contributed by atoms with Crippen molar-refractivity contribution < 1.29 is 9.50 Å². The summed E-state index contributed by atoms with van der Waals surface area (Å²) < 4.78 is 13.4. The highest BCUT2D eigenvalue weighted by Gasteiger charge is 2.17. The van der Waals surface area contributed by atoms with E-state index in [1.54, 1.807) is 6.07 Å². The molecule has 0 saturated heterocycles. The van der Waals surface area contributed by atoms with Gasteiger partial charge in [0.15, 0.2) is 0 Å². The quantitative estimate of drug-likeness (QED) is 0.874. The van der Waals surface area contributed by atoms with E-state index >= 15 is 0 Å². The summed E-state index contributed by atoms with van der Waals surface area (Å²) in [4.78, 5) is 7.41. The van der Waals surface area contributed by atoms with Crippen molar-refractivity contribution in [3.05, 3.63) is 58.9 Å². The first-order valence-electron chi connectivity index (χ1n) is 4.57. The van der Waals surface area contributed by atoms with Gasteiger partial charge in [-0.15, -0.1) is 0 Å². The average molecular weight is 239 g/mol. The molecule has 3 nitrogen and oxygen atoms in total. The molecule has 2 rings (SSSR count). The fraction of sp³-hybridized carbons (Fsp3) is 0.0909. The molecule has 0 amide bonds. The molecule has 0 aliphatic rings. The molecule has 0 radical (unpaired) electrons. The van der Waals surface area contributed by atoms with Crippen LogP contribution in [0.15, 0.2) is 36.9 Å². The van der Waals surface area contributed by atoms with Crippen LogP contribution in [0, 0.1) is 5.82 Å². The maximum Gasteiger partial charge on any atom is 0.147 e. The van der Waals surface area contributed by atoms with Crippen molar-refractivity contribution in [1.29, 1.82) is 0 Å². The highest BCUT2D eigenvalue weighted by atomic mass is 35.5. The molecule has 2 aromatic rings. The third-order valence-electron chi connectivity index (χ3n) is 2.20. The second-order valence-corrected chi connectivity index (χ2v) is 3.60. The summed E-state index contributed by atoms with van der Waals surface area (Å²) in [6.07, 6.45) is 4.24. The second-order valence-electron chi connectivity index (χ2n) is 3.20. The molecule has 0 saturated carbocycles. The number of aliphatic hydroxyl groups excluding tert-OH is 1. The maximum atomic E-state index is 13.4. The summed E-state index contributed by atoms with van der Waals surface area (Å²) in [5.74, 6) is -0.567. The van der Waals surface area contributed by atoms with E-state index in [-0.39, 0.29) is 5.56 Å². The van der Waals surface area contributed by atoms with Gasteiger partial charge in [-0.1, -0.05) is 11.6 Å². The van der Waals surface area contributed by atoms with Crippen LogP contribution in [0.3, 0.4) is 0 Å². The number of hydrogen-bond donors (Lipinski definition) is 1. The fourth-order valence-corrected chi connectivity index (χ4v) is 1.61. The Kier molecular flexibility index (Phi) is 3.12. The Morgan fingerprint density at radius 1 is 1.12 bits per heavy atom. The Balaban J connectivity index is 2.44. The molecule has 0 aromatic carbocycles. The fourth-order valence-electron chi connectivity index (χ4n) is 1.38. The molecule has 0 bridgehead atoms. The van der Waals surface area contributed by atoms with Crippen LogP contribution in [0.25, 0.3) is 0 Å². The van der Waals surface area contributed by atoms with Crippen LogP contribution < -0.4 is 0 Å². The van der Waals surface area contributed by atoms with Crippen LogP contribution in [0.1, 0.15) is 17.2 Å². The molecule has 16 heavy (non-hydrogen) atoms. The van der Waals surface area contributed by atoms with E-state index in [0.717, 1.165) is 6.20 Å². The summed E-state index contributed by atoms with van der Waals surface area (Å²) >= 11 is 5.86. The van der Waals surface area contributed by atoms with Crippen molar-refractivity contribution in [3.8, 4) is 0 Å². The zero-order chi connectivity index (χ0) is 11.5. The van der Waals surface area contributed by atoms with E-state index in [9.17, 15) is 9.50 Å². The second kappa shape index (κ2) is 4.55. The van der Waals surface area contributed by atoms with Gasteiger partial charge in [0.1, 0.15) is 11.9 Å². The number of halogens is 2. The summed E-state index contributed by atoms with van der Waals surface area (Å²) in [5, 5.41) is 10.3. The number of aromatic nitrogens is 2. The van der Waals surface area contributed by atoms with E-state index in [2.05, 4.69) is 9.97 Å². The lowest BCUT2D eigenvalue weighted by atomic mass is 10.0. The largest absolute Gasteiger partial charge is 0.383 e. The van der Waals surface area contributed by atoms with Crippen molar-refractivity contribution in [2.45, 2.75) is 6.10 Å². The van der Waals surface area contributed by atoms with E-state index in [0.29, 0.717) is 10.6 Å². The Morgan fingerprint density at radius 3 is 2.38 bits per heavy atom. The number of nitrogens with zero attached hydrogens (tertiary/aromatic N) is 2. The first-order chi connectivity index (χ1) is 7.70. The molecule has 2 aromatic heterocycles. The van der Waals surface area contributed by atoms with Gasteiger partial charge in [-0.25, -0.2) is 4.39 Å². The van der Waals surface area contributed by atoms with Gasteiger partial charge in [0.25, 0.3) is 0 Å². The van der Waals surface area contributed by atoms with E-state index < -0.39 is 11.9 Å². The van der Waals surface area contributed by atoms with Crippen molar-refractivity contribution in [2.75, 3.05) is 0 Å². The molecule has 2 heterocycles. The van der Waals surface area contributed by atoms with E-state index in [4.69, 9.17) is 11.6 Å². The van der Waals surface area contributed by atoms with Gasteiger partial charge in [0.05, 0.1) is 11.2 Å². The van der Waals surface area contributed by atoms with Crippen LogP contribution in [0.2, 0.25) is 5.02 Å². The van der Waals surface area contributed by atoms with E-state index in [1.165, 1.54) is 24.7 Å². The average Bonchev–Trinajstić information content (AvgIpc) is 2.29. The monoisotopic (exact) mass is 238 g/mol. The summed E-state index contributed by atoms with van der Waals surface area (Å²) in [6, 6.07) is 2.96. The number of hydrogen-bond acceptors (Lipinski definition) is 3. The predicted molar refractivity (Wildman–Crippen MR) is 57.5 cm³/mol. The van der Waals surface area contributed by atoms with Gasteiger partial charge in [-0.3, -0.25) is 9.97 Å². The molecule has 0 aliphatic heterocycles. The maximum absolute atomic E-state index is 13.4. The lowest BCUT2D eigenvalue weighted by molar-refractivity contribution is 0.214. The van der Waals surface area contributed by atoms with Crippen molar-refractivity contribution in [1.82, 2.24) is 9.97 Å². The standard InChI is InChI=1S/C11H8ClFN2O/c12-9-5-14-3-1-7(9)11(16)8-2-4-15-6-10(8)13/h1-6,11,16H. The Morgan fingerprint density at radius 2 is 1.75 bits per heavy atom. The molecule has 1 unspecified atom stereocenters. The molecule has 0 spiro atoms. The lowest BCUT2D eigenvalue weighted by Crippen LogP contribution is -2.03.